The normalized spacial score (nSPS) is 19.2. The van der Waals surface area contributed by atoms with E-state index in [-0.39, 0.29) is 17.4 Å². The molecule has 0 radical (unpaired) electrons. The minimum atomic E-state index is -0.0958. The summed E-state index contributed by atoms with van der Waals surface area (Å²) in [6.45, 7) is 6.14. The summed E-state index contributed by atoms with van der Waals surface area (Å²) in [4.78, 5) is 33.5. The molecule has 2 saturated heterocycles. The van der Waals surface area contributed by atoms with Gasteiger partial charge in [-0.15, -0.1) is 5.10 Å². The number of fused-ring (bicyclic) bond motifs is 1. The molecular formula is C19H28N6O3. The molecule has 0 atom stereocenters. The Balaban J connectivity index is 1.68. The molecule has 0 saturated carbocycles. The molecule has 9 nitrogen and oxygen atoms in total. The highest BCUT2D eigenvalue weighted by atomic mass is 16.5. The van der Waals surface area contributed by atoms with Crippen LogP contribution in [0.5, 0.6) is 0 Å². The van der Waals surface area contributed by atoms with E-state index in [1.54, 1.807) is 22.3 Å². The first kappa shape index (κ1) is 18.9. The Morgan fingerprint density at radius 2 is 2.00 bits per heavy atom. The maximum atomic E-state index is 12.9. The molecule has 0 spiro atoms. The number of amides is 1. The number of carbonyl (C=O) groups is 1. The van der Waals surface area contributed by atoms with Crippen molar-refractivity contribution in [2.75, 3.05) is 44.3 Å². The van der Waals surface area contributed by atoms with Crippen LogP contribution in [0.1, 0.15) is 44.3 Å². The number of imidazole rings is 1. The predicted octanol–water partition coefficient (Wildman–Crippen LogP) is 0.771. The average Bonchev–Trinajstić information content (AvgIpc) is 3.00. The fourth-order valence-electron chi connectivity index (χ4n) is 4.13. The second-order valence-electron chi connectivity index (χ2n) is 7.54. The zero-order chi connectivity index (χ0) is 19.7. The van der Waals surface area contributed by atoms with E-state index >= 15 is 0 Å². The highest BCUT2D eigenvalue weighted by Crippen LogP contribution is 2.26. The van der Waals surface area contributed by atoms with E-state index in [1.807, 2.05) is 11.8 Å². The lowest BCUT2D eigenvalue weighted by Crippen LogP contribution is -2.37. The lowest BCUT2D eigenvalue weighted by Gasteiger charge is -2.25. The van der Waals surface area contributed by atoms with Gasteiger partial charge in [-0.3, -0.25) is 14.2 Å². The van der Waals surface area contributed by atoms with Crippen LogP contribution in [0, 0.1) is 0 Å². The third-order valence-corrected chi connectivity index (χ3v) is 5.80. The Labute approximate surface area is 163 Å². The highest BCUT2D eigenvalue weighted by molar-refractivity contribution is 5.75. The van der Waals surface area contributed by atoms with E-state index < -0.39 is 0 Å². The molecule has 0 aliphatic carbocycles. The average molecular weight is 388 g/mol. The van der Waals surface area contributed by atoms with Gasteiger partial charge >= 0.3 is 0 Å². The van der Waals surface area contributed by atoms with Gasteiger partial charge in [0.05, 0.1) is 6.20 Å². The maximum absolute atomic E-state index is 12.9. The van der Waals surface area contributed by atoms with Gasteiger partial charge in [-0.2, -0.15) is 0 Å². The summed E-state index contributed by atoms with van der Waals surface area (Å²) >= 11 is 0. The van der Waals surface area contributed by atoms with E-state index in [1.165, 1.54) is 0 Å². The van der Waals surface area contributed by atoms with Crippen LogP contribution in [0.25, 0.3) is 5.52 Å². The molecule has 152 valence electrons. The quantitative estimate of drug-likeness (QED) is 0.772. The molecule has 0 bridgehead atoms. The molecule has 28 heavy (non-hydrogen) atoms. The number of hydrogen-bond acceptors (Lipinski definition) is 6. The lowest BCUT2D eigenvalue weighted by molar-refractivity contribution is -0.130. The van der Waals surface area contributed by atoms with Gasteiger partial charge in [0.1, 0.15) is 5.82 Å². The van der Waals surface area contributed by atoms with E-state index in [0.29, 0.717) is 44.2 Å². The van der Waals surface area contributed by atoms with Crippen LogP contribution in [-0.2, 0) is 16.6 Å². The van der Waals surface area contributed by atoms with Gasteiger partial charge in [-0.25, -0.2) is 9.50 Å². The van der Waals surface area contributed by atoms with Gasteiger partial charge in [0.15, 0.2) is 5.52 Å². The Kier molecular flexibility index (Phi) is 5.34. The molecule has 2 fully saturated rings. The first-order chi connectivity index (χ1) is 13.6. The summed E-state index contributed by atoms with van der Waals surface area (Å²) in [5.74, 6) is 1.91. The summed E-state index contributed by atoms with van der Waals surface area (Å²) in [5.41, 5.74) is 0.409. The Bertz CT molecular complexity index is 914. The van der Waals surface area contributed by atoms with Crippen LogP contribution >= 0.6 is 0 Å². The standard InChI is InChI=1S/C19H28N6O3/c1-3-16(26)23-7-4-8-24(10-9-23)19-21-25-15(18(27)22(19)2)13-20-17(25)14-5-11-28-12-6-14/h13-14H,3-12H2,1-2H3. The summed E-state index contributed by atoms with van der Waals surface area (Å²) in [7, 11) is 1.76. The number of nitrogens with zero attached hydrogens (tertiary/aromatic N) is 6. The largest absolute Gasteiger partial charge is 0.381 e. The minimum Gasteiger partial charge on any atom is -0.381 e. The maximum Gasteiger partial charge on any atom is 0.280 e. The van der Waals surface area contributed by atoms with Crippen molar-refractivity contribution < 1.29 is 9.53 Å². The Hall–Kier alpha value is -2.42. The predicted molar refractivity (Wildman–Crippen MR) is 105 cm³/mol. The number of ether oxygens (including phenoxy) is 1. The van der Waals surface area contributed by atoms with E-state index in [2.05, 4.69) is 9.88 Å². The van der Waals surface area contributed by atoms with Gasteiger partial charge < -0.3 is 14.5 Å². The smallest absolute Gasteiger partial charge is 0.280 e. The topological polar surface area (TPSA) is 85.0 Å². The molecule has 4 rings (SSSR count). The molecule has 2 aliphatic rings. The summed E-state index contributed by atoms with van der Waals surface area (Å²) in [5, 5.41) is 4.82. The first-order valence-corrected chi connectivity index (χ1v) is 10.1. The van der Waals surface area contributed by atoms with Crippen molar-refractivity contribution in [2.45, 2.75) is 38.5 Å². The van der Waals surface area contributed by atoms with Crippen molar-refractivity contribution in [3.05, 3.63) is 22.4 Å². The lowest BCUT2D eigenvalue weighted by atomic mass is 10.00. The first-order valence-electron chi connectivity index (χ1n) is 10.1. The van der Waals surface area contributed by atoms with E-state index in [4.69, 9.17) is 9.84 Å². The Morgan fingerprint density at radius 3 is 2.75 bits per heavy atom. The third kappa shape index (κ3) is 3.39. The summed E-state index contributed by atoms with van der Waals surface area (Å²) in [6, 6.07) is 0. The minimum absolute atomic E-state index is 0.0958. The van der Waals surface area contributed by atoms with Gasteiger partial charge in [-0.05, 0) is 19.3 Å². The van der Waals surface area contributed by atoms with Crippen LogP contribution < -0.4 is 10.5 Å². The highest BCUT2D eigenvalue weighted by Gasteiger charge is 2.25. The van der Waals surface area contributed by atoms with Crippen molar-refractivity contribution in [1.29, 1.82) is 0 Å². The number of rotatable bonds is 3. The molecule has 9 heteroatoms. The fraction of sp³-hybridized carbons (Fsp3) is 0.684. The van der Waals surface area contributed by atoms with E-state index in [9.17, 15) is 9.59 Å². The second-order valence-corrected chi connectivity index (χ2v) is 7.54. The molecule has 4 heterocycles. The zero-order valence-electron chi connectivity index (χ0n) is 16.6. The van der Waals surface area contributed by atoms with Crippen LogP contribution in [0.15, 0.2) is 11.0 Å². The van der Waals surface area contributed by atoms with Crippen molar-refractivity contribution in [3.8, 4) is 0 Å². The zero-order valence-corrected chi connectivity index (χ0v) is 16.6. The van der Waals surface area contributed by atoms with Crippen LogP contribution in [-0.4, -0.2) is 69.4 Å². The van der Waals surface area contributed by atoms with Crippen LogP contribution in [0.3, 0.4) is 0 Å². The van der Waals surface area contributed by atoms with Gasteiger partial charge in [-0.1, -0.05) is 6.92 Å². The van der Waals surface area contributed by atoms with Crippen molar-refractivity contribution in [1.82, 2.24) is 24.1 Å². The fourth-order valence-corrected chi connectivity index (χ4v) is 4.13. The second kappa shape index (κ2) is 7.90. The molecule has 2 aromatic heterocycles. The van der Waals surface area contributed by atoms with Crippen LogP contribution in [0.4, 0.5) is 5.95 Å². The van der Waals surface area contributed by atoms with Crippen molar-refractivity contribution >= 4 is 17.4 Å². The molecule has 0 aromatic carbocycles. The van der Waals surface area contributed by atoms with Gasteiger partial charge in [0.2, 0.25) is 11.9 Å². The molecular weight excluding hydrogens is 360 g/mol. The monoisotopic (exact) mass is 388 g/mol. The number of anilines is 1. The van der Waals surface area contributed by atoms with Gasteiger partial charge in [0.25, 0.3) is 5.56 Å². The molecule has 2 aromatic rings. The SMILES string of the molecule is CCC(=O)N1CCCN(c2nn3c(C4CCOCC4)ncc3c(=O)n2C)CC1. The van der Waals surface area contributed by atoms with Gasteiger partial charge in [0, 0.05) is 58.8 Å². The molecule has 2 aliphatic heterocycles. The number of aromatic nitrogens is 4. The summed E-state index contributed by atoms with van der Waals surface area (Å²) < 4.78 is 8.79. The summed E-state index contributed by atoms with van der Waals surface area (Å²) in [6.07, 6.45) is 4.79. The van der Waals surface area contributed by atoms with Crippen molar-refractivity contribution in [2.24, 2.45) is 7.05 Å². The van der Waals surface area contributed by atoms with Crippen molar-refractivity contribution in [3.63, 3.8) is 0 Å². The molecule has 1 amide bonds. The Morgan fingerprint density at radius 1 is 1.21 bits per heavy atom. The van der Waals surface area contributed by atoms with E-state index in [0.717, 1.165) is 38.2 Å². The van der Waals surface area contributed by atoms with Crippen LogP contribution in [0.2, 0.25) is 0 Å². The number of hydrogen-bond donors (Lipinski definition) is 0. The third-order valence-electron chi connectivity index (χ3n) is 5.80. The molecule has 0 N–H and O–H groups in total. The molecule has 0 unspecified atom stereocenters. The number of carbonyl (C=O) groups excluding carboxylic acids is 1.